The van der Waals surface area contributed by atoms with Crippen molar-refractivity contribution in [3.05, 3.63) is 63.6 Å². The molecule has 0 aliphatic rings. The van der Waals surface area contributed by atoms with Gasteiger partial charge in [0.05, 0.1) is 6.10 Å². The van der Waals surface area contributed by atoms with Crippen LogP contribution in [-0.4, -0.2) is 10.1 Å². The SMILES string of the molecule is Cc1cnccc1C(O)Cc1ccc(F)cc1Br. The summed E-state index contributed by atoms with van der Waals surface area (Å²) in [7, 11) is 0. The first-order chi connectivity index (χ1) is 8.58. The van der Waals surface area contributed by atoms with Crippen molar-refractivity contribution in [2.45, 2.75) is 19.4 Å². The smallest absolute Gasteiger partial charge is 0.124 e. The Morgan fingerprint density at radius 2 is 2.17 bits per heavy atom. The first kappa shape index (κ1) is 13.2. The molecule has 0 fully saturated rings. The largest absolute Gasteiger partial charge is 0.388 e. The van der Waals surface area contributed by atoms with Crippen molar-refractivity contribution < 1.29 is 9.50 Å². The number of nitrogens with zero attached hydrogens (tertiary/aromatic N) is 1. The van der Waals surface area contributed by atoms with Gasteiger partial charge in [-0.15, -0.1) is 0 Å². The molecular weight excluding hydrogens is 297 g/mol. The highest BCUT2D eigenvalue weighted by atomic mass is 79.9. The minimum absolute atomic E-state index is 0.291. The lowest BCUT2D eigenvalue weighted by atomic mass is 9.99. The molecule has 1 N–H and O–H groups in total. The van der Waals surface area contributed by atoms with Gasteiger partial charge < -0.3 is 5.11 Å². The van der Waals surface area contributed by atoms with Crippen LogP contribution in [0.2, 0.25) is 0 Å². The molecule has 1 aromatic carbocycles. The van der Waals surface area contributed by atoms with Gasteiger partial charge in [-0.1, -0.05) is 22.0 Å². The van der Waals surface area contributed by atoms with Crippen LogP contribution in [0, 0.1) is 12.7 Å². The number of hydrogen-bond acceptors (Lipinski definition) is 2. The summed E-state index contributed by atoms with van der Waals surface area (Å²) in [5.74, 6) is -0.291. The van der Waals surface area contributed by atoms with E-state index in [1.54, 1.807) is 24.5 Å². The summed E-state index contributed by atoms with van der Waals surface area (Å²) in [4.78, 5) is 3.99. The topological polar surface area (TPSA) is 33.1 Å². The number of aromatic nitrogens is 1. The fourth-order valence-corrected chi connectivity index (χ4v) is 2.38. The first-order valence-electron chi connectivity index (χ1n) is 5.60. The number of benzene rings is 1. The molecule has 4 heteroatoms. The lowest BCUT2D eigenvalue weighted by Crippen LogP contribution is -2.04. The highest BCUT2D eigenvalue weighted by molar-refractivity contribution is 9.10. The van der Waals surface area contributed by atoms with Crippen molar-refractivity contribution in [3.8, 4) is 0 Å². The van der Waals surface area contributed by atoms with E-state index in [0.29, 0.717) is 10.9 Å². The molecule has 2 aromatic rings. The van der Waals surface area contributed by atoms with Gasteiger partial charge in [-0.05, 0) is 41.8 Å². The Morgan fingerprint density at radius 3 is 2.83 bits per heavy atom. The van der Waals surface area contributed by atoms with Crippen molar-refractivity contribution in [2.24, 2.45) is 0 Å². The van der Waals surface area contributed by atoms with Crippen LogP contribution in [-0.2, 0) is 6.42 Å². The third kappa shape index (κ3) is 2.94. The standard InChI is InChI=1S/C14H13BrFNO/c1-9-8-17-5-4-12(9)14(18)6-10-2-3-11(16)7-13(10)15/h2-5,7-8,14,18H,6H2,1H3. The van der Waals surface area contributed by atoms with Crippen LogP contribution in [0.3, 0.4) is 0 Å². The molecule has 1 unspecified atom stereocenters. The monoisotopic (exact) mass is 309 g/mol. The molecule has 0 spiro atoms. The van der Waals surface area contributed by atoms with Crippen LogP contribution in [0.25, 0.3) is 0 Å². The third-order valence-electron chi connectivity index (χ3n) is 2.85. The number of pyridine rings is 1. The molecule has 94 valence electrons. The Morgan fingerprint density at radius 1 is 1.39 bits per heavy atom. The Hall–Kier alpha value is -1.26. The van der Waals surface area contributed by atoms with Crippen LogP contribution in [0.15, 0.2) is 41.1 Å². The lowest BCUT2D eigenvalue weighted by molar-refractivity contribution is 0.177. The number of aliphatic hydroxyl groups excluding tert-OH is 1. The summed E-state index contributed by atoms with van der Waals surface area (Å²) >= 11 is 3.30. The van der Waals surface area contributed by atoms with Crippen molar-refractivity contribution >= 4 is 15.9 Å². The average molecular weight is 310 g/mol. The Labute approximate surface area is 114 Å². The molecule has 0 bridgehead atoms. The summed E-state index contributed by atoms with van der Waals surface area (Å²) < 4.78 is 13.6. The van der Waals surface area contributed by atoms with E-state index < -0.39 is 6.10 Å². The summed E-state index contributed by atoms with van der Waals surface area (Å²) in [5.41, 5.74) is 2.67. The van der Waals surface area contributed by atoms with Crippen LogP contribution >= 0.6 is 15.9 Å². The molecule has 0 aliphatic heterocycles. The molecule has 18 heavy (non-hydrogen) atoms. The summed E-state index contributed by atoms with van der Waals surface area (Å²) in [6, 6.07) is 6.28. The lowest BCUT2D eigenvalue weighted by Gasteiger charge is -2.14. The molecule has 1 atom stereocenters. The highest BCUT2D eigenvalue weighted by Gasteiger charge is 2.13. The van der Waals surface area contributed by atoms with Gasteiger partial charge in [-0.2, -0.15) is 0 Å². The van der Waals surface area contributed by atoms with Gasteiger partial charge >= 0.3 is 0 Å². The maximum atomic E-state index is 13.0. The number of aryl methyl sites for hydroxylation is 1. The van der Waals surface area contributed by atoms with E-state index in [2.05, 4.69) is 20.9 Å². The Kier molecular flexibility index (Phi) is 4.09. The van der Waals surface area contributed by atoms with Gasteiger partial charge in [-0.3, -0.25) is 4.98 Å². The number of rotatable bonds is 3. The molecular formula is C14H13BrFNO. The minimum atomic E-state index is -0.616. The molecule has 2 nitrogen and oxygen atoms in total. The normalized spacial score (nSPS) is 12.4. The number of hydrogen-bond donors (Lipinski definition) is 1. The molecule has 1 aromatic heterocycles. The first-order valence-corrected chi connectivity index (χ1v) is 6.39. The van der Waals surface area contributed by atoms with E-state index in [1.165, 1.54) is 12.1 Å². The second-order valence-corrected chi connectivity index (χ2v) is 5.04. The molecule has 1 heterocycles. The van der Waals surface area contributed by atoms with Gasteiger partial charge in [0.25, 0.3) is 0 Å². The third-order valence-corrected chi connectivity index (χ3v) is 3.59. The average Bonchev–Trinajstić information content (AvgIpc) is 2.33. The Balaban J connectivity index is 2.21. The summed E-state index contributed by atoms with van der Waals surface area (Å²) in [5, 5.41) is 10.2. The van der Waals surface area contributed by atoms with E-state index >= 15 is 0 Å². The van der Waals surface area contributed by atoms with Crippen molar-refractivity contribution in [1.29, 1.82) is 0 Å². The Bertz CT molecular complexity index is 559. The van der Waals surface area contributed by atoms with Crippen LogP contribution < -0.4 is 0 Å². The predicted molar refractivity (Wildman–Crippen MR) is 71.7 cm³/mol. The van der Waals surface area contributed by atoms with Crippen LogP contribution in [0.1, 0.15) is 22.8 Å². The maximum Gasteiger partial charge on any atom is 0.124 e. The zero-order valence-corrected chi connectivity index (χ0v) is 11.5. The maximum absolute atomic E-state index is 13.0. The fraction of sp³-hybridized carbons (Fsp3) is 0.214. The molecule has 0 aliphatic carbocycles. The zero-order valence-electron chi connectivity index (χ0n) is 9.90. The van der Waals surface area contributed by atoms with Gasteiger partial charge in [0, 0.05) is 23.3 Å². The van der Waals surface area contributed by atoms with E-state index in [1.807, 2.05) is 6.92 Å². The summed E-state index contributed by atoms with van der Waals surface area (Å²) in [6.45, 7) is 1.91. The van der Waals surface area contributed by atoms with Crippen LogP contribution in [0.5, 0.6) is 0 Å². The van der Waals surface area contributed by atoms with Crippen LogP contribution in [0.4, 0.5) is 4.39 Å². The predicted octanol–water partition coefficient (Wildman–Crippen LogP) is 3.57. The van der Waals surface area contributed by atoms with E-state index in [4.69, 9.17) is 0 Å². The van der Waals surface area contributed by atoms with Crippen molar-refractivity contribution in [2.75, 3.05) is 0 Å². The van der Waals surface area contributed by atoms with Gasteiger partial charge in [-0.25, -0.2) is 4.39 Å². The zero-order chi connectivity index (χ0) is 13.1. The van der Waals surface area contributed by atoms with Crippen molar-refractivity contribution in [1.82, 2.24) is 4.98 Å². The molecule has 0 radical (unpaired) electrons. The minimum Gasteiger partial charge on any atom is -0.388 e. The molecule has 0 saturated carbocycles. The molecule has 0 amide bonds. The molecule has 2 rings (SSSR count). The highest BCUT2D eigenvalue weighted by Crippen LogP contribution is 2.25. The fourth-order valence-electron chi connectivity index (χ4n) is 1.86. The number of halogens is 2. The number of aliphatic hydroxyl groups is 1. The van der Waals surface area contributed by atoms with Gasteiger partial charge in [0.15, 0.2) is 0 Å². The van der Waals surface area contributed by atoms with E-state index in [-0.39, 0.29) is 5.82 Å². The molecule has 0 saturated heterocycles. The second-order valence-electron chi connectivity index (χ2n) is 4.19. The second kappa shape index (κ2) is 5.59. The van der Waals surface area contributed by atoms with E-state index in [0.717, 1.165) is 16.7 Å². The van der Waals surface area contributed by atoms with E-state index in [9.17, 15) is 9.50 Å². The van der Waals surface area contributed by atoms with Crippen molar-refractivity contribution in [3.63, 3.8) is 0 Å². The van der Waals surface area contributed by atoms with Gasteiger partial charge in [0.1, 0.15) is 5.82 Å². The van der Waals surface area contributed by atoms with Gasteiger partial charge in [0.2, 0.25) is 0 Å². The summed E-state index contributed by atoms with van der Waals surface area (Å²) in [6.07, 6.45) is 3.20. The quantitative estimate of drug-likeness (QED) is 0.940.